The molecule has 134 valence electrons. The second-order valence-corrected chi connectivity index (χ2v) is 7.24. The van der Waals surface area contributed by atoms with Gasteiger partial charge in [0, 0.05) is 26.9 Å². The highest BCUT2D eigenvalue weighted by atomic mass is 16.5. The van der Waals surface area contributed by atoms with E-state index in [0.717, 1.165) is 37.9 Å². The van der Waals surface area contributed by atoms with E-state index in [-0.39, 0.29) is 17.4 Å². The summed E-state index contributed by atoms with van der Waals surface area (Å²) in [6, 6.07) is 3.73. The molecule has 2 fully saturated rings. The number of likely N-dealkylation sites (tertiary alicyclic amines) is 2. The van der Waals surface area contributed by atoms with E-state index >= 15 is 0 Å². The number of carbonyl (C=O) groups excluding carboxylic acids is 1. The van der Waals surface area contributed by atoms with Crippen molar-refractivity contribution in [1.29, 1.82) is 0 Å². The van der Waals surface area contributed by atoms with E-state index in [1.807, 2.05) is 24.1 Å². The van der Waals surface area contributed by atoms with Gasteiger partial charge in [0.05, 0.1) is 18.1 Å². The monoisotopic (exact) mass is 344 g/mol. The molecule has 7 nitrogen and oxygen atoms in total. The number of piperidine rings is 2. The third-order valence-corrected chi connectivity index (χ3v) is 5.61. The SMILES string of the molecule is COC1CN(C)C(=O)C2(CCN(Cc3nc4ncccc4o3)CC2)C1. The van der Waals surface area contributed by atoms with Gasteiger partial charge in [-0.05, 0) is 44.5 Å². The summed E-state index contributed by atoms with van der Waals surface area (Å²) < 4.78 is 11.3. The summed E-state index contributed by atoms with van der Waals surface area (Å²) in [4.78, 5) is 25.6. The Morgan fingerprint density at radius 3 is 2.92 bits per heavy atom. The number of nitrogens with zero attached hydrogens (tertiary/aromatic N) is 4. The zero-order valence-electron chi connectivity index (χ0n) is 14.8. The molecule has 7 heteroatoms. The first-order valence-corrected chi connectivity index (χ1v) is 8.81. The van der Waals surface area contributed by atoms with Crippen molar-refractivity contribution in [3.63, 3.8) is 0 Å². The topological polar surface area (TPSA) is 71.7 Å². The number of pyridine rings is 1. The number of hydrogen-bond donors (Lipinski definition) is 0. The Hall–Kier alpha value is -1.99. The van der Waals surface area contributed by atoms with Gasteiger partial charge in [-0.3, -0.25) is 9.69 Å². The zero-order chi connectivity index (χ0) is 17.4. The molecule has 0 aliphatic carbocycles. The van der Waals surface area contributed by atoms with Crippen molar-refractivity contribution in [2.45, 2.75) is 31.9 Å². The Morgan fingerprint density at radius 1 is 1.40 bits per heavy atom. The number of ether oxygens (including phenoxy) is 1. The maximum absolute atomic E-state index is 12.8. The Labute approximate surface area is 147 Å². The van der Waals surface area contributed by atoms with Crippen LogP contribution in [0.1, 0.15) is 25.2 Å². The third kappa shape index (κ3) is 3.02. The standard InChI is InChI=1S/C18H24N4O3/c1-21-11-13(24-2)10-18(17(21)23)5-8-22(9-6-18)12-15-20-16-14(25-15)4-3-7-19-16/h3-4,7,13H,5-6,8-12H2,1-2H3. The Kier molecular flexibility index (Phi) is 4.21. The van der Waals surface area contributed by atoms with Crippen LogP contribution in [0.25, 0.3) is 11.2 Å². The number of fused-ring (bicyclic) bond motifs is 1. The molecule has 1 spiro atoms. The number of carbonyl (C=O) groups is 1. The minimum Gasteiger partial charge on any atom is -0.438 e. The first-order valence-electron chi connectivity index (χ1n) is 8.81. The highest BCUT2D eigenvalue weighted by Gasteiger charge is 2.47. The lowest BCUT2D eigenvalue weighted by molar-refractivity contribution is -0.156. The van der Waals surface area contributed by atoms with Crippen LogP contribution in [0.2, 0.25) is 0 Å². The van der Waals surface area contributed by atoms with Crippen molar-refractivity contribution in [3.8, 4) is 0 Å². The van der Waals surface area contributed by atoms with E-state index in [0.29, 0.717) is 24.6 Å². The Balaban J connectivity index is 1.43. The summed E-state index contributed by atoms with van der Waals surface area (Å²) in [6.45, 7) is 3.07. The van der Waals surface area contributed by atoms with Crippen molar-refractivity contribution < 1.29 is 13.9 Å². The molecule has 25 heavy (non-hydrogen) atoms. The molecule has 1 atom stereocenters. The van der Waals surface area contributed by atoms with E-state index in [9.17, 15) is 4.79 Å². The van der Waals surface area contributed by atoms with Crippen LogP contribution in [0, 0.1) is 5.41 Å². The molecule has 0 aromatic carbocycles. The molecule has 2 saturated heterocycles. The molecule has 2 aromatic rings. The largest absolute Gasteiger partial charge is 0.438 e. The number of hydrogen-bond acceptors (Lipinski definition) is 6. The average molecular weight is 344 g/mol. The highest BCUT2D eigenvalue weighted by Crippen LogP contribution is 2.41. The molecule has 2 aliphatic heterocycles. The van der Waals surface area contributed by atoms with Gasteiger partial charge in [0.1, 0.15) is 0 Å². The summed E-state index contributed by atoms with van der Waals surface area (Å²) in [5.41, 5.74) is 1.10. The molecule has 4 heterocycles. The van der Waals surface area contributed by atoms with E-state index in [4.69, 9.17) is 9.15 Å². The smallest absolute Gasteiger partial charge is 0.228 e. The fraction of sp³-hybridized carbons (Fsp3) is 0.611. The number of aromatic nitrogens is 2. The van der Waals surface area contributed by atoms with Crippen LogP contribution in [-0.4, -0.2) is 65.6 Å². The van der Waals surface area contributed by atoms with Gasteiger partial charge in [0.25, 0.3) is 0 Å². The summed E-state index contributed by atoms with van der Waals surface area (Å²) >= 11 is 0. The molecule has 0 N–H and O–H groups in total. The lowest BCUT2D eigenvalue weighted by atomic mass is 9.71. The summed E-state index contributed by atoms with van der Waals surface area (Å²) in [5, 5.41) is 0. The lowest BCUT2D eigenvalue weighted by Crippen LogP contribution is -2.56. The number of likely N-dealkylation sites (N-methyl/N-ethyl adjacent to an activating group) is 1. The Bertz CT molecular complexity index is 734. The van der Waals surface area contributed by atoms with Gasteiger partial charge < -0.3 is 14.1 Å². The van der Waals surface area contributed by atoms with Crippen molar-refractivity contribution in [2.24, 2.45) is 5.41 Å². The minimum atomic E-state index is -0.271. The number of rotatable bonds is 3. The van der Waals surface area contributed by atoms with Crippen molar-refractivity contribution in [1.82, 2.24) is 19.8 Å². The maximum Gasteiger partial charge on any atom is 0.228 e. The van der Waals surface area contributed by atoms with E-state index in [1.54, 1.807) is 13.3 Å². The molecular weight excluding hydrogens is 320 g/mol. The molecule has 0 bridgehead atoms. The van der Waals surface area contributed by atoms with Crippen LogP contribution in [0.5, 0.6) is 0 Å². The maximum atomic E-state index is 12.8. The Morgan fingerprint density at radius 2 is 2.20 bits per heavy atom. The van der Waals surface area contributed by atoms with Gasteiger partial charge in [0.2, 0.25) is 11.8 Å². The second kappa shape index (κ2) is 6.38. The predicted molar refractivity (Wildman–Crippen MR) is 91.8 cm³/mol. The molecular formula is C18H24N4O3. The van der Waals surface area contributed by atoms with Gasteiger partial charge in [-0.25, -0.2) is 4.98 Å². The van der Waals surface area contributed by atoms with E-state index < -0.39 is 0 Å². The van der Waals surface area contributed by atoms with E-state index in [1.165, 1.54) is 0 Å². The van der Waals surface area contributed by atoms with Crippen LogP contribution in [0.4, 0.5) is 0 Å². The first kappa shape index (κ1) is 16.5. The summed E-state index contributed by atoms with van der Waals surface area (Å²) in [5.74, 6) is 0.956. The first-order chi connectivity index (χ1) is 12.1. The van der Waals surface area contributed by atoms with Gasteiger partial charge in [0.15, 0.2) is 11.2 Å². The highest BCUT2D eigenvalue weighted by molar-refractivity contribution is 5.83. The second-order valence-electron chi connectivity index (χ2n) is 7.24. The predicted octanol–water partition coefficient (Wildman–Crippen LogP) is 1.68. The van der Waals surface area contributed by atoms with Gasteiger partial charge in [-0.15, -0.1) is 0 Å². The van der Waals surface area contributed by atoms with Crippen LogP contribution >= 0.6 is 0 Å². The zero-order valence-corrected chi connectivity index (χ0v) is 14.8. The van der Waals surface area contributed by atoms with Crippen LogP contribution in [0.15, 0.2) is 22.7 Å². The molecule has 2 aliphatic rings. The fourth-order valence-electron chi connectivity index (χ4n) is 4.17. The van der Waals surface area contributed by atoms with Gasteiger partial charge >= 0.3 is 0 Å². The number of methoxy groups -OCH3 is 1. The van der Waals surface area contributed by atoms with Crippen LogP contribution < -0.4 is 0 Å². The van der Waals surface area contributed by atoms with E-state index in [2.05, 4.69) is 14.9 Å². The molecule has 2 aromatic heterocycles. The van der Waals surface area contributed by atoms with Gasteiger partial charge in [-0.2, -0.15) is 4.98 Å². The summed E-state index contributed by atoms with van der Waals surface area (Å²) in [7, 11) is 3.62. The van der Waals surface area contributed by atoms with Crippen molar-refractivity contribution in [2.75, 3.05) is 33.8 Å². The minimum absolute atomic E-state index is 0.136. The van der Waals surface area contributed by atoms with Crippen LogP contribution in [-0.2, 0) is 16.1 Å². The number of amides is 1. The molecule has 1 unspecified atom stereocenters. The normalized spacial score (nSPS) is 24.3. The lowest BCUT2D eigenvalue weighted by Gasteiger charge is -2.47. The quantitative estimate of drug-likeness (QED) is 0.844. The summed E-state index contributed by atoms with van der Waals surface area (Å²) in [6.07, 6.45) is 4.39. The molecule has 4 rings (SSSR count). The third-order valence-electron chi connectivity index (χ3n) is 5.61. The van der Waals surface area contributed by atoms with Crippen molar-refractivity contribution >= 4 is 17.1 Å². The number of oxazole rings is 1. The molecule has 1 amide bonds. The fourth-order valence-corrected chi connectivity index (χ4v) is 4.17. The molecule has 0 radical (unpaired) electrons. The van der Waals surface area contributed by atoms with Crippen molar-refractivity contribution in [3.05, 3.63) is 24.2 Å². The average Bonchev–Trinajstić information content (AvgIpc) is 3.03. The van der Waals surface area contributed by atoms with Gasteiger partial charge in [-0.1, -0.05) is 0 Å². The van der Waals surface area contributed by atoms with Crippen LogP contribution in [0.3, 0.4) is 0 Å². The molecule has 0 saturated carbocycles.